The summed E-state index contributed by atoms with van der Waals surface area (Å²) in [5.41, 5.74) is 4.40. The second-order valence-corrected chi connectivity index (χ2v) is 8.65. The standard InChI is InChI=1S/C25H32N2O2.ClHO4/c1-6-27(7-2)14-8-13-26-22-17-23(20-9-11-21(28-5)12-10-20)29-24-16-18(3)15-19(4)25(22)24;2-1(3,4)5/h9-12,15-17H,6-8,13-14H2,1-5H3;(H,2,3,4,5). The third-order valence-electron chi connectivity index (χ3n) is 5.44. The Kier molecular flexibility index (Phi) is 10.5. The second kappa shape index (κ2) is 12.9. The maximum Gasteiger partial charge on any atom is 0.213 e. The number of aryl methyl sites for hydroxylation is 2. The molecule has 0 amide bonds. The zero-order chi connectivity index (χ0) is 25.3. The molecule has 2 aromatic carbocycles. The van der Waals surface area contributed by atoms with Crippen molar-refractivity contribution in [2.75, 3.05) is 33.3 Å². The van der Waals surface area contributed by atoms with Crippen LogP contribution < -0.4 is 33.7 Å². The number of nitrogens with zero attached hydrogens (tertiary/aromatic N) is 1. The highest BCUT2D eigenvalue weighted by Gasteiger charge is 2.12. The predicted molar refractivity (Wildman–Crippen MR) is 119 cm³/mol. The van der Waals surface area contributed by atoms with Gasteiger partial charge in [-0.3, -0.25) is 0 Å². The molecule has 0 saturated carbocycles. The van der Waals surface area contributed by atoms with Crippen molar-refractivity contribution < 1.29 is 43.0 Å². The van der Waals surface area contributed by atoms with E-state index in [1.54, 1.807) is 7.11 Å². The number of ether oxygens (including phenoxy) is 1. The van der Waals surface area contributed by atoms with Crippen LogP contribution in [0.1, 0.15) is 31.4 Å². The van der Waals surface area contributed by atoms with E-state index in [1.165, 1.54) is 11.1 Å². The maximum atomic E-state index is 8.49. The summed E-state index contributed by atoms with van der Waals surface area (Å²) in [7, 11) is -3.26. The number of rotatable bonds is 8. The quantitative estimate of drug-likeness (QED) is 0.386. The van der Waals surface area contributed by atoms with Gasteiger partial charge in [-0.15, -0.1) is 10.2 Å². The monoisotopic (exact) mass is 492 g/mol. The topological polar surface area (TPSA) is 132 Å². The molecule has 3 aromatic rings. The zero-order valence-corrected chi connectivity index (χ0v) is 21.1. The zero-order valence-electron chi connectivity index (χ0n) is 20.4. The average Bonchev–Trinajstić information content (AvgIpc) is 2.77. The lowest BCUT2D eigenvalue weighted by atomic mass is 10.0. The van der Waals surface area contributed by atoms with Gasteiger partial charge in [-0.25, -0.2) is 23.6 Å². The molecule has 0 radical (unpaired) electrons. The van der Waals surface area contributed by atoms with Crippen molar-refractivity contribution in [1.82, 2.24) is 4.90 Å². The van der Waals surface area contributed by atoms with Crippen LogP contribution in [0.25, 0.3) is 22.3 Å². The Morgan fingerprint density at radius 2 is 1.59 bits per heavy atom. The lowest BCUT2D eigenvalue weighted by molar-refractivity contribution is -2.00. The summed E-state index contributed by atoms with van der Waals surface area (Å²) in [6.07, 6.45) is 1.11. The summed E-state index contributed by atoms with van der Waals surface area (Å²) < 4.78 is 45.6. The van der Waals surface area contributed by atoms with Gasteiger partial charge in [-0.2, -0.15) is 0 Å². The number of methoxy groups -OCH3 is 1. The van der Waals surface area contributed by atoms with Crippen molar-refractivity contribution in [1.29, 1.82) is 0 Å². The molecule has 0 atom stereocenters. The van der Waals surface area contributed by atoms with E-state index in [2.05, 4.69) is 55.8 Å². The maximum absolute atomic E-state index is 8.49. The summed E-state index contributed by atoms with van der Waals surface area (Å²) in [5.74, 6) is 1.70. The first-order valence-corrected chi connectivity index (χ1v) is 12.4. The van der Waals surface area contributed by atoms with Gasteiger partial charge in [-0.05, 0) is 68.4 Å². The second-order valence-electron chi connectivity index (χ2n) is 7.89. The first-order chi connectivity index (χ1) is 16.0. The van der Waals surface area contributed by atoms with Gasteiger partial charge < -0.3 is 14.1 Å². The number of halogens is 1. The Hall–Kier alpha value is -2.46. The molecule has 0 saturated heterocycles. The molecule has 0 fully saturated rings. The van der Waals surface area contributed by atoms with E-state index in [4.69, 9.17) is 27.8 Å². The van der Waals surface area contributed by atoms with Crippen LogP contribution in [-0.4, -0.2) is 38.2 Å². The molecule has 0 aliphatic heterocycles. The molecule has 9 heteroatoms. The van der Waals surface area contributed by atoms with Crippen LogP contribution in [0.2, 0.25) is 0 Å². The van der Waals surface area contributed by atoms with Crippen molar-refractivity contribution in [3.63, 3.8) is 0 Å². The van der Waals surface area contributed by atoms with Gasteiger partial charge in [-0.1, -0.05) is 19.9 Å². The molecule has 0 bridgehead atoms. The minimum Gasteiger partial charge on any atom is -0.497 e. The van der Waals surface area contributed by atoms with Crippen LogP contribution in [0, 0.1) is 24.1 Å². The fourth-order valence-corrected chi connectivity index (χ4v) is 3.81. The van der Waals surface area contributed by atoms with Crippen LogP contribution >= 0.6 is 0 Å². The molecule has 1 aromatic heterocycles. The molecular weight excluding hydrogens is 460 g/mol. The van der Waals surface area contributed by atoms with Gasteiger partial charge in [0.05, 0.1) is 18.6 Å². The molecule has 0 aliphatic rings. The summed E-state index contributed by atoms with van der Waals surface area (Å²) in [6, 6.07) is 14.5. The van der Waals surface area contributed by atoms with Gasteiger partial charge in [0.2, 0.25) is 5.36 Å². The van der Waals surface area contributed by atoms with Crippen molar-refractivity contribution >= 4 is 11.0 Å². The van der Waals surface area contributed by atoms with Gasteiger partial charge in [0.25, 0.3) is 0 Å². The Morgan fingerprint density at radius 3 is 2.15 bits per heavy atom. The minimum absolute atomic E-state index is 0.843. The number of nitrogens with one attached hydrogen (secondary N) is 1. The molecule has 0 aliphatic carbocycles. The molecule has 3 rings (SSSR count). The fraction of sp³-hybridized carbons (Fsp3) is 0.400. The van der Waals surface area contributed by atoms with E-state index in [9.17, 15) is 0 Å². The lowest BCUT2D eigenvalue weighted by Gasteiger charge is -2.17. The van der Waals surface area contributed by atoms with Crippen molar-refractivity contribution in [3.8, 4) is 17.1 Å². The van der Waals surface area contributed by atoms with E-state index < -0.39 is 10.2 Å². The van der Waals surface area contributed by atoms with E-state index in [1.807, 2.05) is 24.3 Å². The van der Waals surface area contributed by atoms with E-state index in [0.29, 0.717) is 0 Å². The normalized spacial score (nSPS) is 12.1. The fourth-order valence-electron chi connectivity index (χ4n) is 3.81. The van der Waals surface area contributed by atoms with E-state index >= 15 is 0 Å². The van der Waals surface area contributed by atoms with Crippen molar-refractivity contribution in [2.24, 2.45) is 0 Å². The highest BCUT2D eigenvalue weighted by molar-refractivity contribution is 5.82. The molecular formula is C25H33ClN2O6. The summed E-state index contributed by atoms with van der Waals surface area (Å²) in [4.78, 5) is 6.13. The Morgan fingerprint density at radius 1 is 0.971 bits per heavy atom. The van der Waals surface area contributed by atoms with Crippen LogP contribution in [0.5, 0.6) is 5.75 Å². The van der Waals surface area contributed by atoms with Crippen LogP contribution in [0.4, 0.5) is 0 Å². The lowest BCUT2D eigenvalue weighted by Crippen LogP contribution is -2.77. The molecule has 0 spiro atoms. The van der Waals surface area contributed by atoms with Crippen molar-refractivity contribution in [3.05, 3.63) is 58.9 Å². The summed E-state index contributed by atoms with van der Waals surface area (Å²) >= 11 is 0. The molecule has 8 nitrogen and oxygen atoms in total. The summed E-state index contributed by atoms with van der Waals surface area (Å²) in [6.45, 7) is 12.9. The highest BCUT2D eigenvalue weighted by atomic mass is 35.7. The van der Waals surface area contributed by atoms with Gasteiger partial charge in [0.15, 0.2) is 0 Å². The van der Waals surface area contributed by atoms with Crippen LogP contribution in [-0.2, 0) is 0 Å². The number of fused-ring (bicyclic) bond motifs is 1. The van der Waals surface area contributed by atoms with Gasteiger partial charge in [0.1, 0.15) is 23.6 Å². The number of hydrogen-bond acceptors (Lipinski definition) is 7. The minimum atomic E-state index is -4.94. The number of hydrogen-bond donors (Lipinski definition) is 1. The predicted octanol–water partition coefficient (Wildman–Crippen LogP) is -1.32. The van der Waals surface area contributed by atoms with Gasteiger partial charge in [0, 0.05) is 18.5 Å². The third kappa shape index (κ3) is 8.72. The molecule has 1 heterocycles. The van der Waals surface area contributed by atoms with Crippen LogP contribution in [0.15, 0.2) is 46.9 Å². The molecule has 1 N–H and O–H groups in total. The third-order valence-corrected chi connectivity index (χ3v) is 5.44. The molecule has 0 unspecified atom stereocenters. The SMILES string of the molecule is CCN(CC)CCC[NH+]=c1cc(-c2ccc(OC)cc2)oc2cc(C)cc(C)c12.[O-][Cl+3]([O-])([O-])[O-]. The van der Waals surface area contributed by atoms with Crippen molar-refractivity contribution in [2.45, 2.75) is 34.1 Å². The highest BCUT2D eigenvalue weighted by Crippen LogP contribution is 2.25. The van der Waals surface area contributed by atoms with Gasteiger partial charge >= 0.3 is 0 Å². The first kappa shape index (κ1) is 27.8. The summed E-state index contributed by atoms with van der Waals surface area (Å²) in [5, 5.41) is 2.30. The molecule has 186 valence electrons. The first-order valence-electron chi connectivity index (χ1n) is 11.2. The molecule has 34 heavy (non-hydrogen) atoms. The Bertz CT molecular complexity index is 1110. The smallest absolute Gasteiger partial charge is 0.213 e. The van der Waals surface area contributed by atoms with E-state index in [-0.39, 0.29) is 0 Å². The Labute approximate surface area is 202 Å². The Balaban J connectivity index is 0.000000739. The average molecular weight is 493 g/mol. The van der Waals surface area contributed by atoms with E-state index in [0.717, 1.165) is 66.0 Å². The van der Waals surface area contributed by atoms with Crippen LogP contribution in [0.3, 0.4) is 0 Å². The number of benzene rings is 2. The largest absolute Gasteiger partial charge is 0.497 e.